The van der Waals surface area contributed by atoms with Crippen molar-refractivity contribution in [3.05, 3.63) is 35.4 Å². The summed E-state index contributed by atoms with van der Waals surface area (Å²) in [7, 11) is 1.33. The number of ether oxygens (including phenoxy) is 1. The number of methoxy groups -OCH3 is 1. The van der Waals surface area contributed by atoms with Crippen LogP contribution in [0.4, 0.5) is 0 Å². The zero-order chi connectivity index (χ0) is 12.8. The van der Waals surface area contributed by atoms with Crippen LogP contribution in [0.3, 0.4) is 0 Å². The molecular formula is C12H16N2O3. The minimum Gasteiger partial charge on any atom is -0.465 e. The van der Waals surface area contributed by atoms with Gasteiger partial charge in [-0.2, -0.15) is 0 Å². The Balaban J connectivity index is 2.57. The first-order valence-corrected chi connectivity index (χ1v) is 5.25. The van der Waals surface area contributed by atoms with Gasteiger partial charge in [0.2, 0.25) is 5.91 Å². The third-order valence-corrected chi connectivity index (χ3v) is 2.26. The standard InChI is InChI=1S/C12H16N2O3/c1-8(13)11(15)14-7-9-3-5-10(6-4-9)12(16)17-2/h3-6,8H,7,13H2,1-2H3,(H,14,15). The molecule has 0 aliphatic heterocycles. The van der Waals surface area contributed by atoms with E-state index in [0.29, 0.717) is 12.1 Å². The second kappa shape index (κ2) is 6.00. The van der Waals surface area contributed by atoms with Gasteiger partial charge in [0.15, 0.2) is 0 Å². The SMILES string of the molecule is COC(=O)c1ccc(CNC(=O)C(C)N)cc1. The predicted octanol–water partition coefficient (Wildman–Crippen LogP) is 0.437. The van der Waals surface area contributed by atoms with Crippen LogP contribution in [0.5, 0.6) is 0 Å². The molecular weight excluding hydrogens is 220 g/mol. The number of benzene rings is 1. The summed E-state index contributed by atoms with van der Waals surface area (Å²) in [6.07, 6.45) is 0. The Kier molecular flexibility index (Phi) is 4.66. The summed E-state index contributed by atoms with van der Waals surface area (Å²) < 4.78 is 4.58. The highest BCUT2D eigenvalue weighted by atomic mass is 16.5. The van der Waals surface area contributed by atoms with E-state index < -0.39 is 6.04 Å². The van der Waals surface area contributed by atoms with Gasteiger partial charge in [-0.1, -0.05) is 12.1 Å². The van der Waals surface area contributed by atoms with E-state index in [1.54, 1.807) is 31.2 Å². The topological polar surface area (TPSA) is 81.4 Å². The number of nitrogens with one attached hydrogen (secondary N) is 1. The fourth-order valence-electron chi connectivity index (χ4n) is 1.23. The molecule has 5 heteroatoms. The maximum Gasteiger partial charge on any atom is 0.337 e. The molecule has 3 N–H and O–H groups in total. The number of hydrogen-bond donors (Lipinski definition) is 2. The maximum atomic E-state index is 11.2. The molecule has 0 aliphatic rings. The number of hydrogen-bond acceptors (Lipinski definition) is 4. The Morgan fingerprint density at radius 3 is 2.41 bits per heavy atom. The largest absolute Gasteiger partial charge is 0.465 e. The molecule has 1 amide bonds. The van der Waals surface area contributed by atoms with Gasteiger partial charge in [-0.15, -0.1) is 0 Å². The van der Waals surface area contributed by atoms with Gasteiger partial charge in [0.25, 0.3) is 0 Å². The summed E-state index contributed by atoms with van der Waals surface area (Å²) in [5, 5.41) is 2.68. The van der Waals surface area contributed by atoms with Gasteiger partial charge in [0, 0.05) is 6.54 Å². The van der Waals surface area contributed by atoms with Gasteiger partial charge in [-0.05, 0) is 24.6 Å². The summed E-state index contributed by atoms with van der Waals surface area (Å²) >= 11 is 0. The lowest BCUT2D eigenvalue weighted by Crippen LogP contribution is -2.37. The molecule has 1 rings (SSSR count). The molecule has 1 atom stereocenters. The van der Waals surface area contributed by atoms with Crippen molar-refractivity contribution in [2.24, 2.45) is 5.73 Å². The summed E-state index contributed by atoms with van der Waals surface area (Å²) in [4.78, 5) is 22.4. The van der Waals surface area contributed by atoms with Crippen LogP contribution in [0.15, 0.2) is 24.3 Å². The lowest BCUT2D eigenvalue weighted by Gasteiger charge is -2.08. The summed E-state index contributed by atoms with van der Waals surface area (Å²) in [5.74, 6) is -0.585. The zero-order valence-corrected chi connectivity index (χ0v) is 9.90. The number of esters is 1. The molecule has 0 heterocycles. The van der Waals surface area contributed by atoms with Gasteiger partial charge in [0.1, 0.15) is 0 Å². The molecule has 0 radical (unpaired) electrons. The van der Waals surface area contributed by atoms with Gasteiger partial charge in [-0.25, -0.2) is 4.79 Å². The normalized spacial score (nSPS) is 11.7. The van der Waals surface area contributed by atoms with E-state index in [1.807, 2.05) is 0 Å². The molecule has 0 fully saturated rings. The van der Waals surface area contributed by atoms with Crippen LogP contribution in [0.25, 0.3) is 0 Å². The van der Waals surface area contributed by atoms with Crippen molar-refractivity contribution < 1.29 is 14.3 Å². The third kappa shape index (κ3) is 3.88. The van der Waals surface area contributed by atoms with Crippen molar-refractivity contribution in [3.63, 3.8) is 0 Å². The molecule has 1 aromatic rings. The van der Waals surface area contributed by atoms with Crippen molar-refractivity contribution in [1.29, 1.82) is 0 Å². The monoisotopic (exact) mass is 236 g/mol. The van der Waals surface area contributed by atoms with Crippen molar-refractivity contribution >= 4 is 11.9 Å². The molecule has 17 heavy (non-hydrogen) atoms. The van der Waals surface area contributed by atoms with E-state index in [-0.39, 0.29) is 11.9 Å². The average molecular weight is 236 g/mol. The minimum atomic E-state index is -0.524. The van der Waals surface area contributed by atoms with Crippen molar-refractivity contribution in [3.8, 4) is 0 Å². The Morgan fingerprint density at radius 2 is 1.94 bits per heavy atom. The third-order valence-electron chi connectivity index (χ3n) is 2.26. The van der Waals surface area contributed by atoms with Crippen LogP contribution in [0.1, 0.15) is 22.8 Å². The molecule has 1 unspecified atom stereocenters. The van der Waals surface area contributed by atoms with Gasteiger partial charge < -0.3 is 15.8 Å². The van der Waals surface area contributed by atoms with Crippen LogP contribution < -0.4 is 11.1 Å². The van der Waals surface area contributed by atoms with E-state index >= 15 is 0 Å². The van der Waals surface area contributed by atoms with Crippen molar-refractivity contribution in [2.75, 3.05) is 7.11 Å². The van der Waals surface area contributed by atoms with Crippen LogP contribution in [-0.2, 0) is 16.1 Å². The second-order valence-corrected chi connectivity index (χ2v) is 3.69. The van der Waals surface area contributed by atoms with Crippen molar-refractivity contribution in [2.45, 2.75) is 19.5 Å². The maximum absolute atomic E-state index is 11.2. The quantitative estimate of drug-likeness (QED) is 0.743. The van der Waals surface area contributed by atoms with E-state index in [2.05, 4.69) is 10.1 Å². The van der Waals surface area contributed by atoms with E-state index in [0.717, 1.165) is 5.56 Å². The van der Waals surface area contributed by atoms with Gasteiger partial charge in [0.05, 0.1) is 18.7 Å². The smallest absolute Gasteiger partial charge is 0.337 e. The molecule has 0 spiro atoms. The Morgan fingerprint density at radius 1 is 1.35 bits per heavy atom. The number of carbonyl (C=O) groups excluding carboxylic acids is 2. The summed E-state index contributed by atoms with van der Waals surface area (Å²) in [6.45, 7) is 2.01. The lowest BCUT2D eigenvalue weighted by atomic mass is 10.1. The number of rotatable bonds is 4. The first-order valence-electron chi connectivity index (χ1n) is 5.25. The summed E-state index contributed by atoms with van der Waals surface area (Å²) in [5.41, 5.74) is 6.79. The first kappa shape index (κ1) is 13.2. The minimum absolute atomic E-state index is 0.206. The number of carbonyl (C=O) groups is 2. The molecule has 0 aliphatic carbocycles. The highest BCUT2D eigenvalue weighted by molar-refractivity contribution is 5.89. The van der Waals surface area contributed by atoms with Crippen LogP contribution in [0, 0.1) is 0 Å². The number of amides is 1. The molecule has 0 bridgehead atoms. The zero-order valence-electron chi connectivity index (χ0n) is 9.90. The molecule has 0 saturated carbocycles. The second-order valence-electron chi connectivity index (χ2n) is 3.69. The van der Waals surface area contributed by atoms with E-state index in [9.17, 15) is 9.59 Å². The van der Waals surface area contributed by atoms with Crippen LogP contribution in [-0.4, -0.2) is 25.0 Å². The Labute approximate surface area is 99.9 Å². The predicted molar refractivity (Wildman–Crippen MR) is 63.3 cm³/mol. The van der Waals surface area contributed by atoms with Crippen LogP contribution in [0.2, 0.25) is 0 Å². The van der Waals surface area contributed by atoms with Crippen LogP contribution >= 0.6 is 0 Å². The average Bonchev–Trinajstić information content (AvgIpc) is 2.35. The lowest BCUT2D eigenvalue weighted by molar-refractivity contribution is -0.122. The fourth-order valence-corrected chi connectivity index (χ4v) is 1.23. The molecule has 92 valence electrons. The first-order chi connectivity index (χ1) is 8.04. The van der Waals surface area contributed by atoms with E-state index in [1.165, 1.54) is 7.11 Å². The Hall–Kier alpha value is -1.88. The highest BCUT2D eigenvalue weighted by Crippen LogP contribution is 2.05. The molecule has 0 aromatic heterocycles. The fraction of sp³-hybridized carbons (Fsp3) is 0.333. The van der Waals surface area contributed by atoms with E-state index in [4.69, 9.17) is 5.73 Å². The van der Waals surface area contributed by atoms with Crippen molar-refractivity contribution in [1.82, 2.24) is 5.32 Å². The van der Waals surface area contributed by atoms with Gasteiger partial charge in [-0.3, -0.25) is 4.79 Å². The summed E-state index contributed by atoms with van der Waals surface area (Å²) in [6, 6.07) is 6.30. The molecule has 1 aromatic carbocycles. The van der Waals surface area contributed by atoms with Gasteiger partial charge >= 0.3 is 5.97 Å². The highest BCUT2D eigenvalue weighted by Gasteiger charge is 2.07. The molecule has 5 nitrogen and oxygen atoms in total. The Bertz CT molecular complexity index is 399. The number of nitrogens with two attached hydrogens (primary N) is 1. The molecule has 0 saturated heterocycles.